The van der Waals surface area contributed by atoms with E-state index in [1.165, 1.54) is 0 Å². The normalized spacial score (nSPS) is 20.1. The van der Waals surface area contributed by atoms with Gasteiger partial charge in [0, 0.05) is 12.1 Å². The van der Waals surface area contributed by atoms with E-state index in [4.69, 9.17) is 10.00 Å². The van der Waals surface area contributed by atoms with Gasteiger partial charge < -0.3 is 9.64 Å². The van der Waals surface area contributed by atoms with E-state index >= 15 is 0 Å². The summed E-state index contributed by atoms with van der Waals surface area (Å²) in [6, 6.07) is 8.28. The number of ether oxygens (including phenoxy) is 1. The van der Waals surface area contributed by atoms with Gasteiger partial charge in [-0.1, -0.05) is 13.0 Å². The Balaban J connectivity index is 2.06. The molecule has 0 spiro atoms. The van der Waals surface area contributed by atoms with Crippen LogP contribution in [0.1, 0.15) is 32.3 Å². The Kier molecular flexibility index (Phi) is 5.84. The average Bonchev–Trinajstić information content (AvgIpc) is 2.92. The maximum absolute atomic E-state index is 12.6. The monoisotopic (exact) mass is 350 g/mol. The molecule has 1 aromatic carbocycles. The molecule has 0 N–H and O–H groups in total. The zero-order chi connectivity index (χ0) is 17.7. The van der Waals surface area contributed by atoms with E-state index in [0.717, 1.165) is 6.42 Å². The Morgan fingerprint density at radius 2 is 2.25 bits per heavy atom. The van der Waals surface area contributed by atoms with Crippen LogP contribution in [-0.4, -0.2) is 49.4 Å². The number of benzene rings is 1. The molecule has 0 radical (unpaired) electrons. The number of nitrogens with zero attached hydrogens (tertiary/aromatic N) is 2. The topological polar surface area (TPSA) is 87.5 Å². The van der Waals surface area contributed by atoms with Crippen LogP contribution in [0.5, 0.6) is 5.75 Å². The predicted molar refractivity (Wildman–Crippen MR) is 90.3 cm³/mol. The van der Waals surface area contributed by atoms with Crippen LogP contribution in [0, 0.1) is 11.3 Å². The summed E-state index contributed by atoms with van der Waals surface area (Å²) in [5, 5.41) is 8.89. The molecule has 7 heteroatoms. The molecule has 1 fully saturated rings. The minimum atomic E-state index is -3.06. The second kappa shape index (κ2) is 7.67. The van der Waals surface area contributed by atoms with Gasteiger partial charge >= 0.3 is 0 Å². The second-order valence-corrected chi connectivity index (χ2v) is 8.27. The number of amides is 1. The van der Waals surface area contributed by atoms with E-state index in [-0.39, 0.29) is 36.1 Å². The highest BCUT2D eigenvalue weighted by Crippen LogP contribution is 2.22. The van der Waals surface area contributed by atoms with Gasteiger partial charge in [0.2, 0.25) is 0 Å². The summed E-state index contributed by atoms with van der Waals surface area (Å²) in [5.74, 6) is 0.370. The fraction of sp³-hybridized carbons (Fsp3) is 0.529. The van der Waals surface area contributed by atoms with Crippen LogP contribution in [0.15, 0.2) is 24.3 Å². The third-order valence-corrected chi connectivity index (χ3v) is 6.03. The zero-order valence-corrected chi connectivity index (χ0v) is 14.8. The summed E-state index contributed by atoms with van der Waals surface area (Å²) in [5.41, 5.74) is 0.459. The molecular formula is C17H22N2O4S. The lowest BCUT2D eigenvalue weighted by molar-refractivity contribution is -0.137. The lowest BCUT2D eigenvalue weighted by Gasteiger charge is -2.33. The molecule has 1 aliphatic heterocycles. The van der Waals surface area contributed by atoms with E-state index in [1.807, 2.05) is 19.9 Å². The van der Waals surface area contributed by atoms with Crippen LogP contribution in [-0.2, 0) is 14.6 Å². The molecule has 1 amide bonds. The third-order valence-electron chi connectivity index (χ3n) is 4.28. The van der Waals surface area contributed by atoms with Crippen molar-refractivity contribution in [1.82, 2.24) is 4.90 Å². The molecule has 2 rings (SSSR count). The fourth-order valence-corrected chi connectivity index (χ4v) is 4.59. The first-order chi connectivity index (χ1) is 11.4. The van der Waals surface area contributed by atoms with Gasteiger partial charge in [-0.25, -0.2) is 8.42 Å². The first-order valence-corrected chi connectivity index (χ1v) is 9.83. The fourth-order valence-electron chi connectivity index (χ4n) is 2.88. The Morgan fingerprint density at radius 3 is 2.83 bits per heavy atom. The molecule has 2 atom stereocenters. The van der Waals surface area contributed by atoms with Crippen molar-refractivity contribution in [1.29, 1.82) is 5.26 Å². The average molecular weight is 350 g/mol. The Labute approximate surface area is 142 Å². The number of sulfone groups is 1. The van der Waals surface area contributed by atoms with Crippen LogP contribution in [0.3, 0.4) is 0 Å². The Hall–Kier alpha value is -2.07. The first-order valence-electron chi connectivity index (χ1n) is 8.01. The molecule has 0 aromatic heterocycles. The lowest BCUT2D eigenvalue weighted by atomic mass is 10.1. The SMILES string of the molecule is CC[C@@H](C)N(C(=O)COc1cccc(C#N)c1)[C@H]1CCS(=O)(=O)C1. The molecule has 0 saturated carbocycles. The van der Waals surface area contributed by atoms with Gasteiger partial charge in [0.05, 0.1) is 23.1 Å². The molecule has 1 heterocycles. The number of carbonyl (C=O) groups excluding carboxylic acids is 1. The van der Waals surface area contributed by atoms with Gasteiger partial charge in [0.25, 0.3) is 5.91 Å². The molecule has 130 valence electrons. The smallest absolute Gasteiger partial charge is 0.261 e. The van der Waals surface area contributed by atoms with Gasteiger partial charge in [-0.2, -0.15) is 5.26 Å². The van der Waals surface area contributed by atoms with Crippen LogP contribution in [0.25, 0.3) is 0 Å². The first kappa shape index (κ1) is 18.3. The largest absolute Gasteiger partial charge is 0.484 e. The molecule has 6 nitrogen and oxygen atoms in total. The number of hydrogen-bond donors (Lipinski definition) is 0. The standard InChI is InChI=1S/C17H22N2O4S/c1-3-13(2)19(15-7-8-24(21,22)12-15)17(20)11-23-16-6-4-5-14(9-16)10-18/h4-6,9,13,15H,3,7-8,11-12H2,1-2H3/t13-,15+/m1/s1. The van der Waals surface area contributed by atoms with Crippen molar-refractivity contribution in [2.45, 2.75) is 38.8 Å². The number of hydrogen-bond acceptors (Lipinski definition) is 5. The number of carbonyl (C=O) groups is 1. The van der Waals surface area contributed by atoms with Crippen molar-refractivity contribution in [3.05, 3.63) is 29.8 Å². The minimum Gasteiger partial charge on any atom is -0.484 e. The quantitative estimate of drug-likeness (QED) is 0.780. The van der Waals surface area contributed by atoms with Crippen molar-refractivity contribution in [2.24, 2.45) is 0 Å². The molecule has 1 aliphatic rings. The van der Waals surface area contributed by atoms with Gasteiger partial charge in [-0.3, -0.25) is 4.79 Å². The molecule has 0 bridgehead atoms. The van der Waals surface area contributed by atoms with E-state index in [2.05, 4.69) is 0 Å². The highest BCUT2D eigenvalue weighted by atomic mass is 32.2. The van der Waals surface area contributed by atoms with Gasteiger partial charge in [-0.05, 0) is 38.0 Å². The van der Waals surface area contributed by atoms with E-state index in [0.29, 0.717) is 17.7 Å². The van der Waals surface area contributed by atoms with Crippen molar-refractivity contribution in [2.75, 3.05) is 18.1 Å². The summed E-state index contributed by atoms with van der Waals surface area (Å²) >= 11 is 0. The number of rotatable bonds is 6. The summed E-state index contributed by atoms with van der Waals surface area (Å²) in [4.78, 5) is 14.3. The van der Waals surface area contributed by atoms with E-state index < -0.39 is 9.84 Å². The highest BCUT2D eigenvalue weighted by Gasteiger charge is 2.36. The minimum absolute atomic E-state index is 0.0208. The summed E-state index contributed by atoms with van der Waals surface area (Å²) in [7, 11) is -3.06. The van der Waals surface area contributed by atoms with Gasteiger partial charge in [0.1, 0.15) is 5.75 Å². The molecule has 0 aliphatic carbocycles. The van der Waals surface area contributed by atoms with Crippen molar-refractivity contribution in [3.8, 4) is 11.8 Å². The molecule has 0 unspecified atom stereocenters. The Morgan fingerprint density at radius 1 is 1.50 bits per heavy atom. The number of nitriles is 1. The zero-order valence-electron chi connectivity index (χ0n) is 13.9. The van der Waals surface area contributed by atoms with E-state index in [1.54, 1.807) is 29.2 Å². The maximum atomic E-state index is 12.6. The summed E-state index contributed by atoms with van der Waals surface area (Å²) < 4.78 is 29.0. The van der Waals surface area contributed by atoms with Gasteiger partial charge in [-0.15, -0.1) is 0 Å². The lowest BCUT2D eigenvalue weighted by Crippen LogP contribution is -2.48. The second-order valence-electron chi connectivity index (χ2n) is 6.04. The van der Waals surface area contributed by atoms with Crippen molar-refractivity contribution >= 4 is 15.7 Å². The van der Waals surface area contributed by atoms with Crippen LogP contribution < -0.4 is 4.74 Å². The molecule has 24 heavy (non-hydrogen) atoms. The van der Waals surface area contributed by atoms with Crippen LogP contribution >= 0.6 is 0 Å². The summed E-state index contributed by atoms with van der Waals surface area (Å²) in [6.45, 7) is 3.71. The summed E-state index contributed by atoms with van der Waals surface area (Å²) in [6.07, 6.45) is 1.22. The van der Waals surface area contributed by atoms with Crippen LogP contribution in [0.2, 0.25) is 0 Å². The molecular weight excluding hydrogens is 328 g/mol. The molecule has 1 aromatic rings. The van der Waals surface area contributed by atoms with Crippen LogP contribution in [0.4, 0.5) is 0 Å². The highest BCUT2D eigenvalue weighted by molar-refractivity contribution is 7.91. The van der Waals surface area contributed by atoms with E-state index in [9.17, 15) is 13.2 Å². The third kappa shape index (κ3) is 4.48. The predicted octanol–water partition coefficient (Wildman–Crippen LogP) is 1.75. The van der Waals surface area contributed by atoms with Crippen molar-refractivity contribution in [3.63, 3.8) is 0 Å². The van der Waals surface area contributed by atoms with Crippen molar-refractivity contribution < 1.29 is 17.9 Å². The maximum Gasteiger partial charge on any atom is 0.261 e. The molecule has 1 saturated heterocycles. The van der Waals surface area contributed by atoms with Gasteiger partial charge in [0.15, 0.2) is 16.4 Å². The Bertz CT molecular complexity index is 739.